The third-order valence-corrected chi connectivity index (χ3v) is 2.68. The monoisotopic (exact) mass is 222 g/mol. The summed E-state index contributed by atoms with van der Waals surface area (Å²) in [5.74, 6) is 0.924. The minimum atomic E-state index is -1.00. The largest absolute Gasteiger partial charge is 0.491 e. The second-order valence-electron chi connectivity index (χ2n) is 3.86. The van der Waals surface area contributed by atoms with E-state index in [9.17, 15) is 4.79 Å². The highest BCUT2D eigenvalue weighted by Gasteiger charge is 2.20. The van der Waals surface area contributed by atoms with Gasteiger partial charge >= 0.3 is 6.09 Å². The molecule has 0 fully saturated rings. The normalized spacial score (nSPS) is 15.1. The molecule has 0 aromatic carbocycles. The van der Waals surface area contributed by atoms with Gasteiger partial charge in [-0.3, -0.25) is 4.98 Å². The Hall–Kier alpha value is -1.78. The number of aromatic nitrogens is 1. The fourth-order valence-electron chi connectivity index (χ4n) is 1.84. The van der Waals surface area contributed by atoms with Crippen molar-refractivity contribution in [3.63, 3.8) is 0 Å². The standard InChI is InChI=1S/C11H14N2O3/c1-7(6-13-11(14)15)8-2-4-12-9-3-5-16-10(8)9/h2,4,7,13H,3,5-6H2,1H3,(H,14,15). The van der Waals surface area contributed by atoms with Gasteiger partial charge in [-0.15, -0.1) is 0 Å². The Morgan fingerprint density at radius 1 is 1.75 bits per heavy atom. The molecule has 1 aliphatic heterocycles. The van der Waals surface area contributed by atoms with Crippen LogP contribution in [0, 0.1) is 0 Å². The number of ether oxygens (including phenoxy) is 1. The summed E-state index contributed by atoms with van der Waals surface area (Å²) in [6, 6.07) is 1.89. The molecule has 2 heterocycles. The Morgan fingerprint density at radius 3 is 3.31 bits per heavy atom. The van der Waals surface area contributed by atoms with Gasteiger partial charge in [-0.05, 0) is 6.07 Å². The van der Waals surface area contributed by atoms with Crippen molar-refractivity contribution in [1.82, 2.24) is 10.3 Å². The molecule has 0 radical (unpaired) electrons. The highest BCUT2D eigenvalue weighted by atomic mass is 16.5. The van der Waals surface area contributed by atoms with Crippen LogP contribution in [0.2, 0.25) is 0 Å². The smallest absolute Gasteiger partial charge is 0.404 e. The van der Waals surface area contributed by atoms with Gasteiger partial charge in [0.05, 0.1) is 12.3 Å². The summed E-state index contributed by atoms with van der Waals surface area (Å²) in [5, 5.41) is 10.9. The molecular weight excluding hydrogens is 208 g/mol. The van der Waals surface area contributed by atoms with Crippen LogP contribution in [0.3, 0.4) is 0 Å². The average Bonchev–Trinajstić information content (AvgIpc) is 2.73. The van der Waals surface area contributed by atoms with E-state index in [1.54, 1.807) is 6.20 Å². The van der Waals surface area contributed by atoms with Gasteiger partial charge in [-0.2, -0.15) is 0 Å². The minimum Gasteiger partial charge on any atom is -0.491 e. The van der Waals surface area contributed by atoms with Crippen LogP contribution in [0.15, 0.2) is 12.3 Å². The molecule has 0 bridgehead atoms. The van der Waals surface area contributed by atoms with Crippen molar-refractivity contribution in [1.29, 1.82) is 0 Å². The summed E-state index contributed by atoms with van der Waals surface area (Å²) in [5.41, 5.74) is 2.00. The van der Waals surface area contributed by atoms with Crippen LogP contribution in [0.5, 0.6) is 5.75 Å². The molecule has 1 atom stereocenters. The summed E-state index contributed by atoms with van der Waals surface area (Å²) >= 11 is 0. The minimum absolute atomic E-state index is 0.0888. The van der Waals surface area contributed by atoms with E-state index in [2.05, 4.69) is 10.3 Å². The molecule has 0 saturated carbocycles. The Morgan fingerprint density at radius 2 is 2.56 bits per heavy atom. The predicted molar refractivity (Wildman–Crippen MR) is 57.9 cm³/mol. The van der Waals surface area contributed by atoms with Crippen LogP contribution >= 0.6 is 0 Å². The molecule has 1 aliphatic rings. The molecule has 5 nitrogen and oxygen atoms in total. The second-order valence-corrected chi connectivity index (χ2v) is 3.86. The number of amides is 1. The number of nitrogens with zero attached hydrogens (tertiary/aromatic N) is 1. The van der Waals surface area contributed by atoms with Gasteiger partial charge in [0.2, 0.25) is 0 Å². The van der Waals surface area contributed by atoms with E-state index in [-0.39, 0.29) is 5.92 Å². The Balaban J connectivity index is 2.14. The first-order valence-electron chi connectivity index (χ1n) is 5.26. The van der Waals surface area contributed by atoms with Crippen LogP contribution in [0.1, 0.15) is 24.1 Å². The van der Waals surface area contributed by atoms with E-state index in [4.69, 9.17) is 9.84 Å². The number of nitrogens with one attached hydrogen (secondary N) is 1. The molecule has 1 unspecified atom stereocenters. The average molecular weight is 222 g/mol. The SMILES string of the molecule is CC(CNC(=O)O)c1ccnc2c1OCC2. The van der Waals surface area contributed by atoms with Gasteiger partial charge in [0.15, 0.2) is 0 Å². The number of fused-ring (bicyclic) bond motifs is 1. The Labute approximate surface area is 93.5 Å². The van der Waals surface area contributed by atoms with Crippen molar-refractivity contribution in [2.75, 3.05) is 13.2 Å². The molecular formula is C11H14N2O3. The summed E-state index contributed by atoms with van der Waals surface area (Å²) in [6.07, 6.45) is 1.58. The number of carboxylic acid groups (broad SMARTS) is 1. The Bertz CT molecular complexity index is 406. The maximum Gasteiger partial charge on any atom is 0.404 e. The molecule has 0 aliphatic carbocycles. The predicted octanol–water partition coefficient (Wildman–Crippen LogP) is 1.39. The third kappa shape index (κ3) is 2.08. The Kier molecular flexibility index (Phi) is 2.94. The van der Waals surface area contributed by atoms with E-state index in [1.165, 1.54) is 0 Å². The molecule has 86 valence electrons. The number of hydrogen-bond acceptors (Lipinski definition) is 3. The summed E-state index contributed by atoms with van der Waals surface area (Å²) in [6.45, 7) is 3.01. The molecule has 0 saturated heterocycles. The highest BCUT2D eigenvalue weighted by molar-refractivity contribution is 5.64. The van der Waals surface area contributed by atoms with E-state index in [0.29, 0.717) is 13.2 Å². The molecule has 2 rings (SSSR count). The lowest BCUT2D eigenvalue weighted by Gasteiger charge is -2.14. The van der Waals surface area contributed by atoms with Crippen LogP contribution in [0.4, 0.5) is 4.79 Å². The van der Waals surface area contributed by atoms with Crippen LogP contribution in [0.25, 0.3) is 0 Å². The number of hydrogen-bond donors (Lipinski definition) is 2. The topological polar surface area (TPSA) is 71.5 Å². The summed E-state index contributed by atoms with van der Waals surface area (Å²) in [4.78, 5) is 14.6. The van der Waals surface area contributed by atoms with Crippen LogP contribution < -0.4 is 10.1 Å². The van der Waals surface area contributed by atoms with Crippen molar-refractivity contribution in [2.24, 2.45) is 0 Å². The lowest BCUT2D eigenvalue weighted by molar-refractivity contribution is 0.194. The first-order valence-corrected chi connectivity index (χ1v) is 5.26. The molecule has 5 heteroatoms. The number of rotatable bonds is 3. The lowest BCUT2D eigenvalue weighted by Crippen LogP contribution is -2.25. The zero-order valence-electron chi connectivity index (χ0n) is 9.06. The molecule has 1 amide bonds. The van der Waals surface area contributed by atoms with Crippen molar-refractivity contribution >= 4 is 6.09 Å². The summed E-state index contributed by atoms with van der Waals surface area (Å²) < 4.78 is 5.52. The van der Waals surface area contributed by atoms with E-state index in [0.717, 1.165) is 23.4 Å². The van der Waals surface area contributed by atoms with Gasteiger partial charge in [-0.1, -0.05) is 6.92 Å². The first kappa shape index (κ1) is 10.7. The fraction of sp³-hybridized carbons (Fsp3) is 0.455. The van der Waals surface area contributed by atoms with Gasteiger partial charge < -0.3 is 15.2 Å². The molecule has 16 heavy (non-hydrogen) atoms. The van der Waals surface area contributed by atoms with Crippen molar-refractivity contribution in [3.05, 3.63) is 23.5 Å². The van der Waals surface area contributed by atoms with Gasteiger partial charge in [0.1, 0.15) is 5.75 Å². The first-order chi connectivity index (χ1) is 7.68. The van der Waals surface area contributed by atoms with Gasteiger partial charge in [0.25, 0.3) is 0 Å². The van der Waals surface area contributed by atoms with Crippen LogP contribution in [-0.2, 0) is 6.42 Å². The number of pyridine rings is 1. The van der Waals surface area contributed by atoms with E-state index in [1.807, 2.05) is 13.0 Å². The van der Waals surface area contributed by atoms with E-state index >= 15 is 0 Å². The van der Waals surface area contributed by atoms with E-state index < -0.39 is 6.09 Å². The molecule has 1 aromatic rings. The zero-order chi connectivity index (χ0) is 11.5. The molecule has 2 N–H and O–H groups in total. The maximum atomic E-state index is 10.4. The van der Waals surface area contributed by atoms with Crippen molar-refractivity contribution in [2.45, 2.75) is 19.3 Å². The van der Waals surface area contributed by atoms with Gasteiger partial charge in [-0.25, -0.2) is 4.79 Å². The second kappa shape index (κ2) is 4.38. The van der Waals surface area contributed by atoms with Crippen molar-refractivity contribution < 1.29 is 14.6 Å². The van der Waals surface area contributed by atoms with Gasteiger partial charge in [0, 0.05) is 30.6 Å². The quantitative estimate of drug-likeness (QED) is 0.810. The highest BCUT2D eigenvalue weighted by Crippen LogP contribution is 2.32. The molecule has 1 aromatic heterocycles. The number of carbonyl (C=O) groups is 1. The zero-order valence-corrected chi connectivity index (χ0v) is 9.06. The maximum absolute atomic E-state index is 10.4. The van der Waals surface area contributed by atoms with Crippen molar-refractivity contribution in [3.8, 4) is 5.75 Å². The summed E-state index contributed by atoms with van der Waals surface area (Å²) in [7, 11) is 0. The molecule has 0 spiro atoms. The third-order valence-electron chi connectivity index (χ3n) is 2.68. The lowest BCUT2D eigenvalue weighted by atomic mass is 10.0. The van der Waals surface area contributed by atoms with Crippen LogP contribution in [-0.4, -0.2) is 29.3 Å². The fourth-order valence-corrected chi connectivity index (χ4v) is 1.84.